The molecule has 0 atom stereocenters. The van der Waals surface area contributed by atoms with Gasteiger partial charge in [-0.15, -0.1) is 0 Å². The van der Waals surface area contributed by atoms with Crippen molar-refractivity contribution in [3.63, 3.8) is 0 Å². The smallest absolute Gasteiger partial charge is 0.222 e. The van der Waals surface area contributed by atoms with Crippen molar-refractivity contribution in [1.29, 1.82) is 0 Å². The summed E-state index contributed by atoms with van der Waals surface area (Å²) in [6.45, 7) is 6.82. The minimum Gasteiger partial charge on any atom is -0.355 e. The molecule has 1 heterocycles. The van der Waals surface area contributed by atoms with Gasteiger partial charge in [0.1, 0.15) is 0 Å². The molecular weight excluding hydrogens is 244 g/mol. The van der Waals surface area contributed by atoms with E-state index >= 15 is 0 Å². The largest absolute Gasteiger partial charge is 0.355 e. The van der Waals surface area contributed by atoms with E-state index in [-0.39, 0.29) is 17.6 Å². The van der Waals surface area contributed by atoms with Crippen molar-refractivity contribution >= 4 is 5.91 Å². The average molecular weight is 270 g/mol. The molecule has 1 aliphatic heterocycles. The monoisotopic (exact) mass is 270 g/mol. The number of nitrogens with one attached hydrogen (secondary N) is 2. The Morgan fingerprint density at radius 3 is 2.42 bits per heavy atom. The first-order valence-corrected chi connectivity index (χ1v) is 7.40. The standard InChI is InChI=1S/C14H26N2O3/c1-11(2)13(17)16-8-7-15-12-3-5-14(6-4-12)18-9-10-19-14/h11-12,15H,3-10H2,1-2H3,(H,16,17). The van der Waals surface area contributed by atoms with Crippen LogP contribution in [0.25, 0.3) is 0 Å². The Morgan fingerprint density at radius 2 is 1.84 bits per heavy atom. The van der Waals surface area contributed by atoms with Crippen LogP contribution >= 0.6 is 0 Å². The van der Waals surface area contributed by atoms with Gasteiger partial charge in [0, 0.05) is 37.9 Å². The van der Waals surface area contributed by atoms with Gasteiger partial charge in [-0.3, -0.25) is 4.79 Å². The molecule has 19 heavy (non-hydrogen) atoms. The van der Waals surface area contributed by atoms with E-state index in [0.717, 1.165) is 45.4 Å². The predicted molar refractivity (Wildman–Crippen MR) is 72.7 cm³/mol. The summed E-state index contributed by atoms with van der Waals surface area (Å²) < 4.78 is 11.4. The van der Waals surface area contributed by atoms with Crippen LogP contribution in [0, 0.1) is 5.92 Å². The lowest BCUT2D eigenvalue weighted by atomic mass is 9.90. The third-order valence-corrected chi connectivity index (χ3v) is 3.94. The molecule has 0 unspecified atom stereocenters. The normalized spacial score (nSPS) is 23.1. The topological polar surface area (TPSA) is 59.6 Å². The van der Waals surface area contributed by atoms with Crippen LogP contribution in [0.1, 0.15) is 39.5 Å². The Kier molecular flexibility index (Phi) is 5.19. The first-order chi connectivity index (χ1) is 9.11. The van der Waals surface area contributed by atoms with Crippen LogP contribution in [-0.2, 0) is 14.3 Å². The summed E-state index contributed by atoms with van der Waals surface area (Å²) in [5, 5.41) is 6.42. The van der Waals surface area contributed by atoms with E-state index in [2.05, 4.69) is 10.6 Å². The molecule has 2 rings (SSSR count). The second kappa shape index (κ2) is 6.68. The van der Waals surface area contributed by atoms with Gasteiger partial charge in [-0.1, -0.05) is 13.8 Å². The molecule has 1 aliphatic carbocycles. The summed E-state index contributed by atoms with van der Waals surface area (Å²) in [4.78, 5) is 11.4. The van der Waals surface area contributed by atoms with E-state index in [0.29, 0.717) is 12.6 Å². The first kappa shape index (κ1) is 14.8. The second-order valence-corrected chi connectivity index (χ2v) is 5.78. The number of carbonyl (C=O) groups is 1. The molecule has 5 nitrogen and oxygen atoms in total. The third-order valence-electron chi connectivity index (χ3n) is 3.94. The van der Waals surface area contributed by atoms with E-state index in [1.54, 1.807) is 0 Å². The zero-order valence-electron chi connectivity index (χ0n) is 12.0. The number of carbonyl (C=O) groups excluding carboxylic acids is 1. The summed E-state index contributed by atoms with van der Waals surface area (Å²) in [6, 6.07) is 0.523. The summed E-state index contributed by atoms with van der Waals surface area (Å²) in [5.74, 6) is -0.0901. The van der Waals surface area contributed by atoms with Crippen molar-refractivity contribution in [1.82, 2.24) is 10.6 Å². The van der Waals surface area contributed by atoms with E-state index in [1.807, 2.05) is 13.8 Å². The predicted octanol–water partition coefficient (Wildman–Crippen LogP) is 1.03. The quantitative estimate of drug-likeness (QED) is 0.733. The summed E-state index contributed by atoms with van der Waals surface area (Å²) in [6.07, 6.45) is 4.11. The fourth-order valence-electron chi connectivity index (χ4n) is 2.71. The van der Waals surface area contributed by atoms with Crippen molar-refractivity contribution in [3.8, 4) is 0 Å². The van der Waals surface area contributed by atoms with Gasteiger partial charge in [0.2, 0.25) is 5.91 Å². The molecule has 0 radical (unpaired) electrons. The van der Waals surface area contributed by atoms with Crippen molar-refractivity contribution in [2.75, 3.05) is 26.3 Å². The molecule has 1 saturated heterocycles. The van der Waals surface area contributed by atoms with Crippen molar-refractivity contribution in [2.24, 2.45) is 5.92 Å². The van der Waals surface area contributed by atoms with Crippen LogP contribution in [0.5, 0.6) is 0 Å². The maximum Gasteiger partial charge on any atom is 0.222 e. The Morgan fingerprint density at radius 1 is 1.21 bits per heavy atom. The highest BCUT2D eigenvalue weighted by atomic mass is 16.7. The fourth-order valence-corrected chi connectivity index (χ4v) is 2.71. The zero-order valence-corrected chi connectivity index (χ0v) is 12.0. The number of ether oxygens (including phenoxy) is 2. The van der Waals surface area contributed by atoms with Crippen molar-refractivity contribution in [2.45, 2.75) is 51.4 Å². The average Bonchev–Trinajstić information content (AvgIpc) is 2.85. The molecule has 1 spiro atoms. The number of hydrogen-bond donors (Lipinski definition) is 2. The second-order valence-electron chi connectivity index (χ2n) is 5.78. The van der Waals surface area contributed by atoms with Gasteiger partial charge in [0.05, 0.1) is 13.2 Å². The minimum atomic E-state index is -0.274. The molecule has 0 aromatic carbocycles. The van der Waals surface area contributed by atoms with Crippen LogP contribution in [0.15, 0.2) is 0 Å². The lowest BCUT2D eigenvalue weighted by Crippen LogP contribution is -2.44. The summed E-state index contributed by atoms with van der Waals surface area (Å²) in [5.41, 5.74) is 0. The SMILES string of the molecule is CC(C)C(=O)NCCNC1CCC2(CC1)OCCO2. The van der Waals surface area contributed by atoms with Gasteiger partial charge in [0.25, 0.3) is 0 Å². The highest BCUT2D eigenvalue weighted by Crippen LogP contribution is 2.35. The fraction of sp³-hybridized carbons (Fsp3) is 0.929. The lowest BCUT2D eigenvalue weighted by molar-refractivity contribution is -0.179. The van der Waals surface area contributed by atoms with Crippen LogP contribution in [0.3, 0.4) is 0 Å². The molecule has 0 bridgehead atoms. The van der Waals surface area contributed by atoms with E-state index in [4.69, 9.17) is 9.47 Å². The Bertz CT molecular complexity index is 291. The maximum absolute atomic E-state index is 11.4. The zero-order chi connectivity index (χ0) is 13.7. The highest BCUT2D eigenvalue weighted by Gasteiger charge is 2.39. The van der Waals surface area contributed by atoms with E-state index in [1.165, 1.54) is 0 Å². The number of amides is 1. The van der Waals surface area contributed by atoms with Crippen LogP contribution < -0.4 is 10.6 Å². The van der Waals surface area contributed by atoms with E-state index < -0.39 is 0 Å². The van der Waals surface area contributed by atoms with E-state index in [9.17, 15) is 4.79 Å². The van der Waals surface area contributed by atoms with Crippen LogP contribution in [-0.4, -0.2) is 44.0 Å². The maximum atomic E-state index is 11.4. The van der Waals surface area contributed by atoms with Gasteiger partial charge >= 0.3 is 0 Å². The summed E-state index contributed by atoms with van der Waals surface area (Å²) in [7, 11) is 0. The van der Waals surface area contributed by atoms with Gasteiger partial charge in [-0.2, -0.15) is 0 Å². The Balaban J connectivity index is 1.57. The lowest BCUT2D eigenvalue weighted by Gasteiger charge is -2.35. The number of rotatable bonds is 5. The highest BCUT2D eigenvalue weighted by molar-refractivity contribution is 5.77. The summed E-state index contributed by atoms with van der Waals surface area (Å²) >= 11 is 0. The Hall–Kier alpha value is -0.650. The molecule has 0 aromatic heterocycles. The molecule has 1 amide bonds. The van der Waals surface area contributed by atoms with Crippen LogP contribution in [0.2, 0.25) is 0 Å². The molecular formula is C14H26N2O3. The minimum absolute atomic E-state index is 0.0613. The van der Waals surface area contributed by atoms with Crippen LogP contribution in [0.4, 0.5) is 0 Å². The van der Waals surface area contributed by atoms with Gasteiger partial charge in [-0.05, 0) is 12.8 Å². The van der Waals surface area contributed by atoms with Gasteiger partial charge in [0.15, 0.2) is 5.79 Å². The molecule has 0 aromatic rings. The Labute approximate surface area is 115 Å². The molecule has 2 N–H and O–H groups in total. The molecule has 110 valence electrons. The van der Waals surface area contributed by atoms with Gasteiger partial charge < -0.3 is 20.1 Å². The molecule has 2 aliphatic rings. The van der Waals surface area contributed by atoms with Crippen molar-refractivity contribution in [3.05, 3.63) is 0 Å². The molecule has 5 heteroatoms. The number of hydrogen-bond acceptors (Lipinski definition) is 4. The molecule has 1 saturated carbocycles. The third kappa shape index (κ3) is 4.16. The van der Waals surface area contributed by atoms with Crippen molar-refractivity contribution < 1.29 is 14.3 Å². The first-order valence-electron chi connectivity index (χ1n) is 7.40. The molecule has 2 fully saturated rings. The van der Waals surface area contributed by atoms with Gasteiger partial charge in [-0.25, -0.2) is 0 Å².